The minimum Gasteiger partial charge on any atom is -0.335 e. The molecular formula is C22H25N3O2. The summed E-state index contributed by atoms with van der Waals surface area (Å²) in [5.74, 6) is 0.627. The normalized spacial score (nSPS) is 21.7. The van der Waals surface area contributed by atoms with E-state index in [9.17, 15) is 9.59 Å². The van der Waals surface area contributed by atoms with E-state index in [1.54, 1.807) is 11.9 Å². The first-order valence-corrected chi connectivity index (χ1v) is 9.62. The minimum absolute atomic E-state index is 0.113. The van der Waals surface area contributed by atoms with Gasteiger partial charge in [0.1, 0.15) is 0 Å². The maximum absolute atomic E-state index is 12.5. The summed E-state index contributed by atoms with van der Waals surface area (Å²) >= 11 is 0. The molecule has 1 aliphatic heterocycles. The fourth-order valence-corrected chi connectivity index (χ4v) is 4.29. The fourth-order valence-electron chi connectivity index (χ4n) is 4.29. The molecule has 2 N–H and O–H groups in total. The van der Waals surface area contributed by atoms with Gasteiger partial charge in [-0.3, -0.25) is 4.79 Å². The highest BCUT2D eigenvalue weighted by Crippen LogP contribution is 2.35. The van der Waals surface area contributed by atoms with Crippen LogP contribution in [0.15, 0.2) is 48.5 Å². The molecule has 2 aromatic carbocycles. The van der Waals surface area contributed by atoms with Crippen molar-refractivity contribution in [1.29, 1.82) is 0 Å². The van der Waals surface area contributed by atoms with Crippen molar-refractivity contribution >= 4 is 23.3 Å². The van der Waals surface area contributed by atoms with E-state index in [4.69, 9.17) is 0 Å². The maximum atomic E-state index is 12.5. The second-order valence-electron chi connectivity index (χ2n) is 7.47. The summed E-state index contributed by atoms with van der Waals surface area (Å²) in [7, 11) is 1.78. The quantitative estimate of drug-likeness (QED) is 0.864. The summed E-state index contributed by atoms with van der Waals surface area (Å²) in [5, 5.41) is 6.12. The molecule has 0 saturated heterocycles. The average molecular weight is 363 g/mol. The largest absolute Gasteiger partial charge is 0.335 e. The number of fused-ring (bicyclic) bond motifs is 1. The van der Waals surface area contributed by atoms with Crippen LogP contribution in [0, 0.1) is 0 Å². The molecule has 1 heterocycles. The van der Waals surface area contributed by atoms with Crippen LogP contribution in [-0.2, 0) is 11.2 Å². The van der Waals surface area contributed by atoms with Crippen LogP contribution in [0.25, 0.3) is 0 Å². The van der Waals surface area contributed by atoms with Gasteiger partial charge in [-0.15, -0.1) is 0 Å². The standard InChI is InChI=1S/C22H25N3O2/c1-25-20-9-5-8-19(18(20)12-13-21(25)26)24-22(27)23-17-11-10-16(14-17)15-6-3-2-4-7-15/h2-9,16-17H,10-14H2,1H3,(H2,23,24,27)/t16-,17+/m1/s1. The number of urea groups is 1. The second-order valence-corrected chi connectivity index (χ2v) is 7.47. The number of rotatable bonds is 3. The lowest BCUT2D eigenvalue weighted by atomic mass is 9.98. The number of nitrogens with zero attached hydrogens (tertiary/aromatic N) is 1. The van der Waals surface area contributed by atoms with E-state index in [1.165, 1.54) is 5.56 Å². The number of hydrogen-bond donors (Lipinski definition) is 2. The van der Waals surface area contributed by atoms with Crippen LogP contribution in [0.4, 0.5) is 16.2 Å². The van der Waals surface area contributed by atoms with Crippen molar-refractivity contribution in [1.82, 2.24) is 5.32 Å². The van der Waals surface area contributed by atoms with Gasteiger partial charge >= 0.3 is 6.03 Å². The van der Waals surface area contributed by atoms with E-state index >= 15 is 0 Å². The lowest BCUT2D eigenvalue weighted by Crippen LogP contribution is -2.37. The zero-order valence-corrected chi connectivity index (χ0v) is 15.6. The average Bonchev–Trinajstić information content (AvgIpc) is 3.14. The van der Waals surface area contributed by atoms with Crippen molar-refractivity contribution in [3.8, 4) is 0 Å². The molecule has 140 valence electrons. The number of anilines is 2. The summed E-state index contributed by atoms with van der Waals surface area (Å²) in [6, 6.07) is 16.3. The third kappa shape index (κ3) is 3.68. The molecular weight excluding hydrogens is 338 g/mol. The molecule has 27 heavy (non-hydrogen) atoms. The molecule has 1 fully saturated rings. The van der Waals surface area contributed by atoms with Crippen molar-refractivity contribution in [2.24, 2.45) is 0 Å². The topological polar surface area (TPSA) is 61.4 Å². The Morgan fingerprint density at radius 3 is 2.67 bits per heavy atom. The molecule has 0 unspecified atom stereocenters. The van der Waals surface area contributed by atoms with Crippen molar-refractivity contribution in [3.05, 3.63) is 59.7 Å². The molecule has 4 rings (SSSR count). The van der Waals surface area contributed by atoms with Gasteiger partial charge in [-0.25, -0.2) is 4.79 Å². The Labute approximate surface area is 159 Å². The van der Waals surface area contributed by atoms with E-state index in [1.807, 2.05) is 24.3 Å². The zero-order valence-electron chi connectivity index (χ0n) is 15.6. The van der Waals surface area contributed by atoms with Gasteiger partial charge in [0.25, 0.3) is 0 Å². The Morgan fingerprint density at radius 1 is 1.04 bits per heavy atom. The highest BCUT2D eigenvalue weighted by molar-refractivity contribution is 5.99. The summed E-state index contributed by atoms with van der Waals surface area (Å²) in [6.45, 7) is 0. The second kappa shape index (κ2) is 7.43. The molecule has 0 bridgehead atoms. The van der Waals surface area contributed by atoms with Crippen LogP contribution >= 0.6 is 0 Å². The van der Waals surface area contributed by atoms with Crippen LogP contribution in [-0.4, -0.2) is 25.0 Å². The van der Waals surface area contributed by atoms with E-state index in [0.29, 0.717) is 18.8 Å². The number of hydrogen-bond acceptors (Lipinski definition) is 2. The van der Waals surface area contributed by atoms with Gasteiger partial charge in [0, 0.05) is 30.9 Å². The molecule has 5 nitrogen and oxygen atoms in total. The molecule has 1 aliphatic carbocycles. The maximum Gasteiger partial charge on any atom is 0.319 e. The summed E-state index contributed by atoms with van der Waals surface area (Å²) in [6.07, 6.45) is 4.21. The predicted molar refractivity (Wildman–Crippen MR) is 107 cm³/mol. The smallest absolute Gasteiger partial charge is 0.319 e. The summed E-state index contributed by atoms with van der Waals surface area (Å²) in [4.78, 5) is 26.1. The fraction of sp³-hybridized carbons (Fsp3) is 0.364. The van der Waals surface area contributed by atoms with E-state index < -0.39 is 0 Å². The van der Waals surface area contributed by atoms with E-state index in [2.05, 4.69) is 34.9 Å². The molecule has 5 heteroatoms. The van der Waals surface area contributed by atoms with Crippen LogP contribution in [0.5, 0.6) is 0 Å². The van der Waals surface area contributed by atoms with Gasteiger partial charge in [-0.05, 0) is 54.9 Å². The highest BCUT2D eigenvalue weighted by Gasteiger charge is 2.28. The Kier molecular flexibility index (Phi) is 4.84. The van der Waals surface area contributed by atoms with Gasteiger partial charge in [-0.2, -0.15) is 0 Å². The summed E-state index contributed by atoms with van der Waals surface area (Å²) in [5.41, 5.74) is 4.06. The van der Waals surface area contributed by atoms with Crippen LogP contribution in [0.3, 0.4) is 0 Å². The number of carbonyl (C=O) groups is 2. The Balaban J connectivity index is 1.39. The molecule has 1 saturated carbocycles. The molecule has 0 spiro atoms. The predicted octanol–water partition coefficient (Wildman–Crippen LogP) is 4.05. The van der Waals surface area contributed by atoms with Gasteiger partial charge in [0.15, 0.2) is 0 Å². The Bertz CT molecular complexity index is 850. The van der Waals surface area contributed by atoms with Crippen molar-refractivity contribution in [2.75, 3.05) is 17.3 Å². The number of carbonyl (C=O) groups excluding carboxylic acids is 2. The monoisotopic (exact) mass is 363 g/mol. The van der Waals surface area contributed by atoms with E-state index in [-0.39, 0.29) is 18.0 Å². The Hall–Kier alpha value is -2.82. The molecule has 0 radical (unpaired) electrons. The van der Waals surface area contributed by atoms with Crippen molar-refractivity contribution < 1.29 is 9.59 Å². The van der Waals surface area contributed by atoms with Crippen LogP contribution < -0.4 is 15.5 Å². The zero-order chi connectivity index (χ0) is 18.8. The molecule has 3 amide bonds. The lowest BCUT2D eigenvalue weighted by Gasteiger charge is -2.27. The number of nitrogens with one attached hydrogen (secondary N) is 2. The number of amides is 3. The first kappa shape index (κ1) is 17.6. The third-order valence-corrected chi connectivity index (χ3v) is 5.76. The first-order valence-electron chi connectivity index (χ1n) is 9.62. The summed E-state index contributed by atoms with van der Waals surface area (Å²) < 4.78 is 0. The van der Waals surface area contributed by atoms with Crippen molar-refractivity contribution in [2.45, 2.75) is 44.1 Å². The van der Waals surface area contributed by atoms with E-state index in [0.717, 1.165) is 36.2 Å². The van der Waals surface area contributed by atoms with Crippen LogP contribution in [0.2, 0.25) is 0 Å². The molecule has 2 atom stereocenters. The first-order chi connectivity index (χ1) is 13.1. The van der Waals surface area contributed by atoms with Gasteiger partial charge in [0.05, 0.1) is 0 Å². The number of benzene rings is 2. The van der Waals surface area contributed by atoms with Crippen LogP contribution in [0.1, 0.15) is 42.7 Å². The Morgan fingerprint density at radius 2 is 1.85 bits per heavy atom. The van der Waals surface area contributed by atoms with Gasteiger partial charge < -0.3 is 15.5 Å². The van der Waals surface area contributed by atoms with Gasteiger partial charge in [0.2, 0.25) is 5.91 Å². The molecule has 2 aliphatic rings. The SMILES string of the molecule is CN1C(=O)CCc2c(NC(=O)N[C@H]3CC[C@@H](c4ccccc4)C3)cccc21. The highest BCUT2D eigenvalue weighted by atomic mass is 16.2. The lowest BCUT2D eigenvalue weighted by molar-refractivity contribution is -0.118. The molecule has 2 aromatic rings. The van der Waals surface area contributed by atoms with Gasteiger partial charge in [-0.1, -0.05) is 36.4 Å². The molecule has 0 aromatic heterocycles. The van der Waals surface area contributed by atoms with Crippen molar-refractivity contribution in [3.63, 3.8) is 0 Å². The third-order valence-electron chi connectivity index (χ3n) is 5.76. The minimum atomic E-state index is -0.165.